The van der Waals surface area contributed by atoms with Crippen molar-refractivity contribution in [3.8, 4) is 0 Å². The van der Waals surface area contributed by atoms with Crippen molar-refractivity contribution in [1.29, 1.82) is 0 Å². The Morgan fingerprint density at radius 1 is 0.765 bits per heavy atom. The number of anilines is 1. The van der Waals surface area contributed by atoms with Crippen LogP contribution in [0.5, 0.6) is 0 Å². The van der Waals surface area contributed by atoms with Crippen LogP contribution in [0.25, 0.3) is 0 Å². The van der Waals surface area contributed by atoms with Crippen LogP contribution in [-0.4, -0.2) is 13.1 Å². The van der Waals surface area contributed by atoms with Gasteiger partial charge in [0.15, 0.2) is 0 Å². The largest absolute Gasteiger partial charge is 0.372 e. The molecule has 17 heavy (non-hydrogen) atoms. The third-order valence-electron chi connectivity index (χ3n) is 3.70. The van der Waals surface area contributed by atoms with Gasteiger partial charge in [-0.2, -0.15) is 0 Å². The van der Waals surface area contributed by atoms with Gasteiger partial charge in [0.25, 0.3) is 0 Å². The van der Waals surface area contributed by atoms with Crippen LogP contribution in [0.1, 0.15) is 51.3 Å². The molecule has 1 nitrogen and oxygen atoms in total. The zero-order valence-corrected chi connectivity index (χ0v) is 12.1. The number of nitrogens with zero attached hydrogens (tertiary/aromatic N) is 1. The highest BCUT2D eigenvalue weighted by Crippen LogP contribution is 2.28. The summed E-state index contributed by atoms with van der Waals surface area (Å²) in [7, 11) is 0. The van der Waals surface area contributed by atoms with E-state index in [0.29, 0.717) is 0 Å². The van der Waals surface area contributed by atoms with E-state index in [-0.39, 0.29) is 0 Å². The molecular formula is C16H27N. The molecule has 0 bridgehead atoms. The van der Waals surface area contributed by atoms with Crippen LogP contribution < -0.4 is 4.90 Å². The molecule has 0 spiro atoms. The Morgan fingerprint density at radius 2 is 1.35 bits per heavy atom. The fourth-order valence-electron chi connectivity index (χ4n) is 2.76. The van der Waals surface area contributed by atoms with E-state index in [0.717, 1.165) is 32.4 Å². The van der Waals surface area contributed by atoms with Crippen LogP contribution in [0.3, 0.4) is 0 Å². The topological polar surface area (TPSA) is 3.24 Å². The Hall–Kier alpha value is -0.980. The van der Waals surface area contributed by atoms with E-state index in [2.05, 4.69) is 51.7 Å². The summed E-state index contributed by atoms with van der Waals surface area (Å²) in [5.74, 6) is 0. The summed E-state index contributed by atoms with van der Waals surface area (Å²) < 4.78 is 0. The van der Waals surface area contributed by atoms with Crippen LogP contribution in [0.4, 0.5) is 5.69 Å². The van der Waals surface area contributed by atoms with Gasteiger partial charge in [0.05, 0.1) is 0 Å². The molecule has 96 valence electrons. The van der Waals surface area contributed by atoms with Gasteiger partial charge in [-0.25, -0.2) is 0 Å². The zero-order chi connectivity index (χ0) is 12.8. The molecule has 0 aromatic heterocycles. The standard InChI is InChI=1S/C16H27N/c1-6-13-11-12-16(17(9-4)10-5)15(8-3)14(13)7-2/h11-12H,6-10H2,1-5H3. The average molecular weight is 233 g/mol. The molecule has 0 radical (unpaired) electrons. The summed E-state index contributed by atoms with van der Waals surface area (Å²) in [6.07, 6.45) is 3.44. The average Bonchev–Trinajstić information content (AvgIpc) is 2.39. The van der Waals surface area contributed by atoms with E-state index in [1.165, 1.54) is 11.3 Å². The number of aryl methyl sites for hydroxylation is 1. The molecule has 0 aliphatic heterocycles. The fraction of sp³-hybridized carbons (Fsp3) is 0.625. The molecule has 0 heterocycles. The summed E-state index contributed by atoms with van der Waals surface area (Å²) in [5.41, 5.74) is 6.13. The van der Waals surface area contributed by atoms with Crippen molar-refractivity contribution < 1.29 is 0 Å². The summed E-state index contributed by atoms with van der Waals surface area (Å²) in [6, 6.07) is 4.65. The Labute approximate surface area is 107 Å². The zero-order valence-electron chi connectivity index (χ0n) is 12.1. The molecule has 0 aliphatic rings. The highest BCUT2D eigenvalue weighted by atomic mass is 15.1. The maximum Gasteiger partial charge on any atom is 0.0401 e. The molecule has 0 atom stereocenters. The summed E-state index contributed by atoms with van der Waals surface area (Å²) >= 11 is 0. The third-order valence-corrected chi connectivity index (χ3v) is 3.70. The Bertz CT molecular complexity index is 351. The summed E-state index contributed by atoms with van der Waals surface area (Å²) in [4.78, 5) is 2.47. The Balaban J connectivity index is 3.31. The smallest absolute Gasteiger partial charge is 0.0401 e. The normalized spacial score (nSPS) is 10.6. The summed E-state index contributed by atoms with van der Waals surface area (Å²) in [5, 5.41) is 0. The predicted molar refractivity (Wildman–Crippen MR) is 78.1 cm³/mol. The van der Waals surface area contributed by atoms with Crippen LogP contribution in [0.2, 0.25) is 0 Å². The van der Waals surface area contributed by atoms with Gasteiger partial charge in [-0.1, -0.05) is 26.8 Å². The van der Waals surface area contributed by atoms with Crippen molar-refractivity contribution in [3.05, 3.63) is 28.8 Å². The van der Waals surface area contributed by atoms with Gasteiger partial charge in [0, 0.05) is 18.8 Å². The van der Waals surface area contributed by atoms with E-state index in [1.807, 2.05) is 0 Å². The maximum atomic E-state index is 2.47. The lowest BCUT2D eigenvalue weighted by molar-refractivity contribution is 0.847. The van der Waals surface area contributed by atoms with E-state index in [9.17, 15) is 0 Å². The first-order valence-corrected chi connectivity index (χ1v) is 7.11. The van der Waals surface area contributed by atoms with Gasteiger partial charge in [0.2, 0.25) is 0 Å². The highest BCUT2D eigenvalue weighted by molar-refractivity contribution is 5.59. The van der Waals surface area contributed by atoms with Crippen molar-refractivity contribution in [3.63, 3.8) is 0 Å². The van der Waals surface area contributed by atoms with E-state index in [4.69, 9.17) is 0 Å². The van der Waals surface area contributed by atoms with Crippen LogP contribution >= 0.6 is 0 Å². The first-order chi connectivity index (χ1) is 8.23. The molecule has 1 aromatic carbocycles. The first kappa shape index (κ1) is 14.1. The molecule has 0 saturated carbocycles. The summed E-state index contributed by atoms with van der Waals surface area (Å²) in [6.45, 7) is 13.5. The number of hydrogen-bond acceptors (Lipinski definition) is 1. The SMILES string of the molecule is CCc1ccc(N(CC)CC)c(CC)c1CC. The number of rotatable bonds is 6. The molecule has 1 aromatic rings. The molecular weight excluding hydrogens is 206 g/mol. The van der Waals surface area contributed by atoms with E-state index >= 15 is 0 Å². The van der Waals surface area contributed by atoms with Gasteiger partial charge in [-0.05, 0) is 55.9 Å². The van der Waals surface area contributed by atoms with Crippen molar-refractivity contribution in [2.75, 3.05) is 18.0 Å². The lowest BCUT2D eigenvalue weighted by Crippen LogP contribution is -2.23. The van der Waals surface area contributed by atoms with Crippen LogP contribution in [0, 0.1) is 0 Å². The lowest BCUT2D eigenvalue weighted by Gasteiger charge is -2.26. The molecule has 0 unspecified atom stereocenters. The number of hydrogen-bond donors (Lipinski definition) is 0. The molecule has 0 amide bonds. The molecule has 0 fully saturated rings. The second kappa shape index (κ2) is 6.68. The second-order valence-corrected chi connectivity index (χ2v) is 4.43. The minimum atomic E-state index is 1.10. The fourth-order valence-corrected chi connectivity index (χ4v) is 2.76. The van der Waals surface area contributed by atoms with E-state index < -0.39 is 0 Å². The molecule has 1 heteroatoms. The van der Waals surface area contributed by atoms with Gasteiger partial charge in [0.1, 0.15) is 0 Å². The number of benzene rings is 1. The lowest BCUT2D eigenvalue weighted by atomic mass is 9.93. The van der Waals surface area contributed by atoms with Crippen molar-refractivity contribution >= 4 is 5.69 Å². The highest BCUT2D eigenvalue weighted by Gasteiger charge is 2.13. The van der Waals surface area contributed by atoms with E-state index in [1.54, 1.807) is 11.1 Å². The van der Waals surface area contributed by atoms with Crippen molar-refractivity contribution in [2.45, 2.75) is 53.9 Å². The quantitative estimate of drug-likeness (QED) is 0.711. The van der Waals surface area contributed by atoms with Gasteiger partial charge in [-0.3, -0.25) is 0 Å². The van der Waals surface area contributed by atoms with Gasteiger partial charge < -0.3 is 4.90 Å². The van der Waals surface area contributed by atoms with Gasteiger partial charge in [-0.15, -0.1) is 0 Å². The molecule has 0 N–H and O–H groups in total. The minimum Gasteiger partial charge on any atom is -0.372 e. The van der Waals surface area contributed by atoms with Crippen LogP contribution in [0.15, 0.2) is 12.1 Å². The second-order valence-electron chi connectivity index (χ2n) is 4.43. The molecule has 0 saturated heterocycles. The van der Waals surface area contributed by atoms with Crippen LogP contribution in [-0.2, 0) is 19.3 Å². The third kappa shape index (κ3) is 2.83. The monoisotopic (exact) mass is 233 g/mol. The minimum absolute atomic E-state index is 1.10. The Kier molecular flexibility index (Phi) is 5.54. The van der Waals surface area contributed by atoms with Crippen molar-refractivity contribution in [1.82, 2.24) is 0 Å². The maximum absolute atomic E-state index is 2.47. The Morgan fingerprint density at radius 3 is 1.76 bits per heavy atom. The predicted octanol–water partition coefficient (Wildman–Crippen LogP) is 4.22. The molecule has 0 aliphatic carbocycles. The molecule has 1 rings (SSSR count). The first-order valence-electron chi connectivity index (χ1n) is 7.11. The van der Waals surface area contributed by atoms with Crippen molar-refractivity contribution in [2.24, 2.45) is 0 Å². The van der Waals surface area contributed by atoms with Gasteiger partial charge >= 0.3 is 0 Å².